The van der Waals surface area contributed by atoms with Crippen LogP contribution < -0.4 is 0 Å². The van der Waals surface area contributed by atoms with Gasteiger partial charge in [-0.1, -0.05) is 19.8 Å². The Labute approximate surface area is 129 Å². The lowest BCUT2D eigenvalue weighted by Crippen LogP contribution is -2.54. The molecule has 12 heteroatoms. The minimum Gasteiger partial charge on any atom is -0.224 e. The highest BCUT2D eigenvalue weighted by Crippen LogP contribution is 2.50. The predicted molar refractivity (Wildman–Crippen MR) is 59.2 cm³/mol. The summed E-state index contributed by atoms with van der Waals surface area (Å²) in [5.74, 6) is -6.53. The smallest absolute Gasteiger partial charge is 0.224 e. The zero-order valence-corrected chi connectivity index (χ0v) is 12.1. The molecule has 0 nitrogen and oxygen atoms in total. The van der Waals surface area contributed by atoms with Gasteiger partial charge in [-0.2, -0.15) is 48.3 Å². The van der Waals surface area contributed by atoms with Crippen LogP contribution >= 0.6 is 0 Å². The molecule has 1 atom stereocenters. The van der Waals surface area contributed by atoms with E-state index in [0.717, 1.165) is 6.92 Å². The van der Waals surface area contributed by atoms with Crippen LogP contribution in [0.1, 0.15) is 39.0 Å². The molecule has 0 saturated heterocycles. The van der Waals surface area contributed by atoms with Gasteiger partial charge in [0.25, 0.3) is 5.67 Å². The number of halogens is 12. The number of alkyl halides is 12. The molecule has 0 aromatic rings. The number of hydrogen-bond donors (Lipinski definition) is 0. The van der Waals surface area contributed by atoms with E-state index in [1.54, 1.807) is 0 Å². The van der Waals surface area contributed by atoms with Gasteiger partial charge in [0, 0.05) is 12.8 Å². The van der Waals surface area contributed by atoms with Gasteiger partial charge < -0.3 is 0 Å². The lowest BCUT2D eigenvalue weighted by Gasteiger charge is -2.32. The number of rotatable bonds is 7. The van der Waals surface area contributed by atoms with Crippen molar-refractivity contribution in [3.63, 3.8) is 0 Å². The van der Waals surface area contributed by atoms with Crippen molar-refractivity contribution in [1.29, 1.82) is 0 Å². The highest BCUT2D eigenvalue weighted by atomic mass is 19.4. The summed E-state index contributed by atoms with van der Waals surface area (Å²) in [5.41, 5.74) is -5.46. The standard InChI is InChI=1S/C12H14F12/c1-7(4-2-3-5-9(14,15)12(22,23)24)6-8(13,10(16,17)18)11(19,20)21/h7H,2-6H2,1H3. The predicted octanol–water partition coefficient (Wildman–Crippen LogP) is 6.60. The van der Waals surface area contributed by atoms with Gasteiger partial charge in [0.1, 0.15) is 0 Å². The molecular formula is C12H14F12. The summed E-state index contributed by atoms with van der Waals surface area (Å²) in [4.78, 5) is 0. The maximum atomic E-state index is 13.4. The summed E-state index contributed by atoms with van der Waals surface area (Å²) in [6, 6.07) is 0. The first-order valence-corrected chi connectivity index (χ1v) is 6.62. The third-order valence-electron chi connectivity index (χ3n) is 3.38. The lowest BCUT2D eigenvalue weighted by molar-refractivity contribution is -0.345. The summed E-state index contributed by atoms with van der Waals surface area (Å²) in [6.07, 6.45) is -23.7. The maximum absolute atomic E-state index is 13.4. The molecule has 1 unspecified atom stereocenters. The molecule has 0 bridgehead atoms. The molecule has 146 valence electrons. The van der Waals surface area contributed by atoms with Gasteiger partial charge in [-0.25, -0.2) is 4.39 Å². The molecule has 0 amide bonds. The van der Waals surface area contributed by atoms with Crippen molar-refractivity contribution in [2.45, 2.75) is 69.1 Å². The fourth-order valence-electron chi connectivity index (χ4n) is 1.96. The molecular weight excluding hydrogens is 372 g/mol. The molecule has 0 aromatic heterocycles. The molecule has 0 heterocycles. The Hall–Kier alpha value is -0.840. The first kappa shape index (κ1) is 23.2. The Kier molecular flexibility index (Phi) is 6.93. The lowest BCUT2D eigenvalue weighted by atomic mass is 9.88. The molecule has 0 spiro atoms. The van der Waals surface area contributed by atoms with Crippen molar-refractivity contribution < 1.29 is 52.7 Å². The normalized spacial score (nSPS) is 16.4. The van der Waals surface area contributed by atoms with Gasteiger partial charge in [-0.05, 0) is 12.3 Å². The van der Waals surface area contributed by atoms with E-state index in [1.807, 2.05) is 0 Å². The van der Waals surface area contributed by atoms with E-state index in [2.05, 4.69) is 0 Å². The maximum Gasteiger partial charge on any atom is 0.453 e. The SMILES string of the molecule is CC(CCCCC(F)(F)C(F)(F)F)CC(F)(C(F)(F)F)C(F)(F)F. The van der Waals surface area contributed by atoms with Crippen LogP contribution in [0.2, 0.25) is 0 Å². The van der Waals surface area contributed by atoms with E-state index in [9.17, 15) is 52.7 Å². The third kappa shape index (κ3) is 5.61. The van der Waals surface area contributed by atoms with Crippen LogP contribution in [0.5, 0.6) is 0 Å². The summed E-state index contributed by atoms with van der Waals surface area (Å²) in [5, 5.41) is 0. The fourth-order valence-corrected chi connectivity index (χ4v) is 1.96. The zero-order chi connectivity index (χ0) is 19.6. The van der Waals surface area contributed by atoms with E-state index >= 15 is 0 Å². The van der Waals surface area contributed by atoms with Crippen LogP contribution in [-0.4, -0.2) is 30.1 Å². The average molecular weight is 386 g/mol. The van der Waals surface area contributed by atoms with Gasteiger partial charge in [-0.15, -0.1) is 0 Å². The highest BCUT2D eigenvalue weighted by molar-refractivity contribution is 4.95. The zero-order valence-electron chi connectivity index (χ0n) is 12.1. The highest BCUT2D eigenvalue weighted by Gasteiger charge is 2.72. The fraction of sp³-hybridized carbons (Fsp3) is 1.00. The van der Waals surface area contributed by atoms with Crippen LogP contribution in [0.25, 0.3) is 0 Å². The van der Waals surface area contributed by atoms with Crippen molar-refractivity contribution in [2.24, 2.45) is 5.92 Å². The van der Waals surface area contributed by atoms with Crippen LogP contribution in [0.4, 0.5) is 52.7 Å². The van der Waals surface area contributed by atoms with Gasteiger partial charge in [0.15, 0.2) is 0 Å². The molecule has 0 rings (SSSR count). The topological polar surface area (TPSA) is 0 Å². The average Bonchev–Trinajstić information content (AvgIpc) is 2.30. The molecule has 0 aliphatic heterocycles. The van der Waals surface area contributed by atoms with Crippen molar-refractivity contribution in [3.8, 4) is 0 Å². The quantitative estimate of drug-likeness (QED) is 0.341. The Morgan fingerprint density at radius 2 is 1.04 bits per heavy atom. The van der Waals surface area contributed by atoms with Crippen molar-refractivity contribution in [2.75, 3.05) is 0 Å². The van der Waals surface area contributed by atoms with Crippen LogP contribution in [0, 0.1) is 5.92 Å². The molecule has 0 fully saturated rings. The van der Waals surface area contributed by atoms with E-state index in [4.69, 9.17) is 0 Å². The van der Waals surface area contributed by atoms with E-state index in [1.165, 1.54) is 0 Å². The summed E-state index contributed by atoms with van der Waals surface area (Å²) in [6.45, 7) is 0.827. The first-order valence-electron chi connectivity index (χ1n) is 6.62. The summed E-state index contributed by atoms with van der Waals surface area (Å²) < 4.78 is 148. The Balaban J connectivity index is 4.62. The molecule has 0 radical (unpaired) electrons. The summed E-state index contributed by atoms with van der Waals surface area (Å²) >= 11 is 0. The van der Waals surface area contributed by atoms with Gasteiger partial charge in [0.05, 0.1) is 0 Å². The minimum absolute atomic E-state index is 0.501. The van der Waals surface area contributed by atoms with E-state index in [0.29, 0.717) is 0 Å². The second-order valence-corrected chi connectivity index (χ2v) is 5.55. The van der Waals surface area contributed by atoms with Crippen molar-refractivity contribution >= 4 is 0 Å². The second-order valence-electron chi connectivity index (χ2n) is 5.55. The van der Waals surface area contributed by atoms with Crippen molar-refractivity contribution in [3.05, 3.63) is 0 Å². The van der Waals surface area contributed by atoms with Crippen LogP contribution in [-0.2, 0) is 0 Å². The molecule has 0 saturated carbocycles. The van der Waals surface area contributed by atoms with E-state index < -0.39 is 68.1 Å². The van der Waals surface area contributed by atoms with E-state index in [-0.39, 0.29) is 0 Å². The van der Waals surface area contributed by atoms with Crippen molar-refractivity contribution in [1.82, 2.24) is 0 Å². The monoisotopic (exact) mass is 386 g/mol. The Morgan fingerprint density at radius 1 is 0.625 bits per heavy atom. The van der Waals surface area contributed by atoms with Gasteiger partial charge in [0.2, 0.25) is 0 Å². The number of hydrogen-bond acceptors (Lipinski definition) is 0. The first-order chi connectivity index (χ1) is 10.4. The molecule has 0 aromatic carbocycles. The Bertz CT molecular complexity index is 374. The molecule has 0 aliphatic rings. The van der Waals surface area contributed by atoms with Crippen LogP contribution in [0.3, 0.4) is 0 Å². The van der Waals surface area contributed by atoms with Crippen LogP contribution in [0.15, 0.2) is 0 Å². The van der Waals surface area contributed by atoms with Gasteiger partial charge >= 0.3 is 24.5 Å². The molecule has 24 heavy (non-hydrogen) atoms. The number of unbranched alkanes of at least 4 members (excludes halogenated alkanes) is 1. The molecule has 0 N–H and O–H groups in total. The third-order valence-corrected chi connectivity index (χ3v) is 3.38. The molecule has 0 aliphatic carbocycles. The van der Waals surface area contributed by atoms with Gasteiger partial charge in [-0.3, -0.25) is 0 Å². The Morgan fingerprint density at radius 3 is 1.38 bits per heavy atom. The summed E-state index contributed by atoms with van der Waals surface area (Å²) in [7, 11) is 0. The second kappa shape index (κ2) is 7.19. The minimum atomic E-state index is -6.22. The largest absolute Gasteiger partial charge is 0.453 e.